The molecule has 0 atom stereocenters. The number of carboxylic acid groups (broad SMARTS) is 1. The summed E-state index contributed by atoms with van der Waals surface area (Å²) >= 11 is 0. The van der Waals surface area contributed by atoms with E-state index >= 15 is 0 Å². The first-order chi connectivity index (χ1) is 10.0. The average molecular weight is 340 g/mol. The molecule has 0 aliphatic carbocycles. The van der Waals surface area contributed by atoms with Gasteiger partial charge in [0.05, 0.1) is 11.3 Å². The Morgan fingerprint density at radius 2 is 1.68 bits per heavy atom. The van der Waals surface area contributed by atoms with Crippen molar-refractivity contribution in [1.82, 2.24) is 4.72 Å². The fourth-order valence-electron chi connectivity index (χ4n) is 1.30. The second-order valence-electron chi connectivity index (χ2n) is 4.02. The van der Waals surface area contributed by atoms with E-state index in [-0.39, 0.29) is 17.1 Å². The summed E-state index contributed by atoms with van der Waals surface area (Å²) in [6.45, 7) is -0.329. The molecule has 0 saturated heterocycles. The van der Waals surface area contributed by atoms with Crippen molar-refractivity contribution in [1.29, 1.82) is 0 Å². The molecular formula is C11H11F3N2O5S. The number of halogens is 3. The Bertz CT molecular complexity index is 655. The highest BCUT2D eigenvalue weighted by Crippen LogP contribution is 2.19. The molecule has 0 aliphatic heterocycles. The summed E-state index contributed by atoms with van der Waals surface area (Å²) in [5, 5.41) is 9.96. The minimum absolute atomic E-state index is 0.230. The van der Waals surface area contributed by atoms with E-state index < -0.39 is 34.5 Å². The summed E-state index contributed by atoms with van der Waals surface area (Å²) < 4.78 is 61.6. The zero-order valence-electron chi connectivity index (χ0n) is 10.8. The number of anilines is 1. The second kappa shape index (κ2) is 6.75. The Hall–Kier alpha value is -2.14. The Balaban J connectivity index is 2.75. The fraction of sp³-hybridized carbons (Fsp3) is 0.273. The number of benzene rings is 1. The van der Waals surface area contributed by atoms with Crippen molar-refractivity contribution in [2.24, 2.45) is 0 Å². The molecule has 0 heterocycles. The van der Waals surface area contributed by atoms with Crippen molar-refractivity contribution in [2.45, 2.75) is 17.5 Å². The number of alkyl halides is 3. The van der Waals surface area contributed by atoms with E-state index in [1.165, 1.54) is 0 Å². The predicted octanol–water partition coefficient (Wildman–Crippen LogP) is 0.940. The number of aliphatic carboxylic acids is 1. The molecule has 7 nitrogen and oxygen atoms in total. The van der Waals surface area contributed by atoms with E-state index in [4.69, 9.17) is 5.11 Å². The number of amides is 1. The predicted molar refractivity (Wildman–Crippen MR) is 68.6 cm³/mol. The molecular weight excluding hydrogens is 329 g/mol. The number of rotatable bonds is 6. The molecule has 11 heteroatoms. The van der Waals surface area contributed by atoms with Crippen LogP contribution in [0.4, 0.5) is 18.9 Å². The Labute approximate surface area is 123 Å². The molecule has 122 valence electrons. The molecule has 3 N–H and O–H groups in total. The van der Waals surface area contributed by atoms with Gasteiger partial charge < -0.3 is 10.4 Å². The van der Waals surface area contributed by atoms with Crippen LogP contribution >= 0.6 is 0 Å². The summed E-state index contributed by atoms with van der Waals surface area (Å²) in [4.78, 5) is 20.7. The summed E-state index contributed by atoms with van der Waals surface area (Å²) in [6, 6.07) is 3.93. The quantitative estimate of drug-likeness (QED) is 0.713. The lowest BCUT2D eigenvalue weighted by Gasteiger charge is -2.09. The molecule has 1 aromatic carbocycles. The number of carboxylic acids is 1. The van der Waals surface area contributed by atoms with Gasteiger partial charge in [0, 0.05) is 12.2 Å². The van der Waals surface area contributed by atoms with E-state index in [9.17, 15) is 31.2 Å². The van der Waals surface area contributed by atoms with Crippen LogP contribution in [0.3, 0.4) is 0 Å². The SMILES string of the molecule is O=C(O)CCNS(=O)(=O)c1ccc(NC(=O)C(F)(F)F)cc1. The Kier molecular flexibility index (Phi) is 5.49. The lowest BCUT2D eigenvalue weighted by Crippen LogP contribution is -2.30. The number of nitrogens with one attached hydrogen (secondary N) is 2. The van der Waals surface area contributed by atoms with E-state index in [0.717, 1.165) is 24.3 Å². The van der Waals surface area contributed by atoms with Crippen LogP contribution in [0.25, 0.3) is 0 Å². The standard InChI is InChI=1S/C11H11F3N2O5S/c12-11(13,14)10(19)16-7-1-3-8(4-2-7)22(20,21)15-6-5-9(17)18/h1-4,15H,5-6H2,(H,16,19)(H,17,18). The third kappa shape index (κ3) is 5.33. The van der Waals surface area contributed by atoms with Gasteiger partial charge >= 0.3 is 18.1 Å². The van der Waals surface area contributed by atoms with Crippen molar-refractivity contribution < 1.29 is 36.3 Å². The first-order valence-electron chi connectivity index (χ1n) is 5.72. The van der Waals surface area contributed by atoms with Crippen LogP contribution in [0, 0.1) is 0 Å². The molecule has 0 aliphatic rings. The van der Waals surface area contributed by atoms with Gasteiger partial charge in [-0.3, -0.25) is 9.59 Å². The molecule has 1 amide bonds. The molecule has 0 bridgehead atoms. The topological polar surface area (TPSA) is 113 Å². The van der Waals surface area contributed by atoms with Crippen molar-refractivity contribution in [3.05, 3.63) is 24.3 Å². The normalized spacial score (nSPS) is 12.0. The largest absolute Gasteiger partial charge is 0.481 e. The van der Waals surface area contributed by atoms with Crippen LogP contribution in [0.5, 0.6) is 0 Å². The lowest BCUT2D eigenvalue weighted by atomic mass is 10.3. The van der Waals surface area contributed by atoms with E-state index in [2.05, 4.69) is 0 Å². The van der Waals surface area contributed by atoms with Gasteiger partial charge in [-0.2, -0.15) is 13.2 Å². The van der Waals surface area contributed by atoms with Crippen LogP contribution in [-0.2, 0) is 19.6 Å². The number of sulfonamides is 1. The summed E-state index contributed by atoms with van der Waals surface area (Å²) in [7, 11) is -3.98. The maximum Gasteiger partial charge on any atom is 0.471 e. The number of carbonyl (C=O) groups excluding carboxylic acids is 1. The van der Waals surface area contributed by atoms with Gasteiger partial charge in [-0.25, -0.2) is 13.1 Å². The average Bonchev–Trinajstić information content (AvgIpc) is 2.37. The van der Waals surface area contributed by atoms with E-state index in [1.54, 1.807) is 5.32 Å². The van der Waals surface area contributed by atoms with Crippen molar-refractivity contribution in [2.75, 3.05) is 11.9 Å². The van der Waals surface area contributed by atoms with Gasteiger partial charge in [-0.05, 0) is 24.3 Å². The van der Waals surface area contributed by atoms with E-state index in [0.29, 0.717) is 0 Å². The number of hydrogen-bond donors (Lipinski definition) is 3. The van der Waals surface area contributed by atoms with Gasteiger partial charge in [0.15, 0.2) is 0 Å². The minimum Gasteiger partial charge on any atom is -0.481 e. The zero-order chi connectivity index (χ0) is 17.0. The first-order valence-corrected chi connectivity index (χ1v) is 7.20. The maximum absolute atomic E-state index is 12.0. The van der Waals surface area contributed by atoms with Crippen LogP contribution in [-0.4, -0.2) is 38.1 Å². The minimum atomic E-state index is -5.05. The molecule has 1 rings (SSSR count). The summed E-state index contributed by atoms with van der Waals surface area (Å²) in [5.74, 6) is -3.37. The van der Waals surface area contributed by atoms with Crippen LogP contribution < -0.4 is 10.0 Å². The van der Waals surface area contributed by atoms with Gasteiger partial charge in [0.1, 0.15) is 0 Å². The summed E-state index contributed by atoms with van der Waals surface area (Å²) in [5.41, 5.74) is -0.230. The monoisotopic (exact) mass is 340 g/mol. The van der Waals surface area contributed by atoms with Gasteiger partial charge in [0.2, 0.25) is 10.0 Å². The third-order valence-corrected chi connectivity index (χ3v) is 3.79. The smallest absolute Gasteiger partial charge is 0.471 e. The van der Waals surface area contributed by atoms with E-state index in [1.807, 2.05) is 4.72 Å². The molecule has 22 heavy (non-hydrogen) atoms. The highest BCUT2D eigenvalue weighted by molar-refractivity contribution is 7.89. The molecule has 0 unspecified atom stereocenters. The Morgan fingerprint density at radius 3 is 2.14 bits per heavy atom. The summed E-state index contributed by atoms with van der Waals surface area (Å²) in [6.07, 6.45) is -5.47. The highest BCUT2D eigenvalue weighted by atomic mass is 32.2. The molecule has 0 radical (unpaired) electrons. The molecule has 0 saturated carbocycles. The van der Waals surface area contributed by atoms with Crippen molar-refractivity contribution in [3.63, 3.8) is 0 Å². The van der Waals surface area contributed by atoms with Crippen molar-refractivity contribution >= 4 is 27.6 Å². The zero-order valence-corrected chi connectivity index (χ0v) is 11.7. The van der Waals surface area contributed by atoms with Gasteiger partial charge in [0.25, 0.3) is 0 Å². The van der Waals surface area contributed by atoms with Crippen LogP contribution in [0.1, 0.15) is 6.42 Å². The van der Waals surface area contributed by atoms with Gasteiger partial charge in [-0.1, -0.05) is 0 Å². The molecule has 0 fully saturated rings. The van der Waals surface area contributed by atoms with Crippen molar-refractivity contribution in [3.8, 4) is 0 Å². The molecule has 1 aromatic rings. The van der Waals surface area contributed by atoms with Gasteiger partial charge in [-0.15, -0.1) is 0 Å². The highest BCUT2D eigenvalue weighted by Gasteiger charge is 2.38. The third-order valence-electron chi connectivity index (χ3n) is 2.31. The maximum atomic E-state index is 12.0. The number of carbonyl (C=O) groups is 2. The number of hydrogen-bond acceptors (Lipinski definition) is 4. The molecule has 0 aromatic heterocycles. The lowest BCUT2D eigenvalue weighted by molar-refractivity contribution is -0.167. The molecule has 0 spiro atoms. The second-order valence-corrected chi connectivity index (χ2v) is 5.78. The van der Waals surface area contributed by atoms with Crippen LogP contribution in [0.15, 0.2) is 29.2 Å². The fourth-order valence-corrected chi connectivity index (χ4v) is 2.33. The Morgan fingerprint density at radius 1 is 1.14 bits per heavy atom. The van der Waals surface area contributed by atoms with Crippen LogP contribution in [0.2, 0.25) is 0 Å². The first kappa shape index (κ1) is 17.9.